The number of nitrogens with two attached hydrogens (primary N) is 1. The Hall–Kier alpha value is -1.13. The van der Waals surface area contributed by atoms with E-state index in [1.54, 1.807) is 7.11 Å². The highest BCUT2D eigenvalue weighted by molar-refractivity contribution is 5.41. The lowest BCUT2D eigenvalue weighted by Crippen LogP contribution is -2.49. The molecule has 1 rings (SSSR count). The number of aryl methyl sites for hydroxylation is 1. The van der Waals surface area contributed by atoms with Gasteiger partial charge in [0.1, 0.15) is 5.75 Å². The molecule has 0 spiro atoms. The summed E-state index contributed by atoms with van der Waals surface area (Å²) in [6.07, 6.45) is 3.41. The zero-order valence-corrected chi connectivity index (χ0v) is 13.6. The Morgan fingerprint density at radius 3 is 2.50 bits per heavy atom. The molecule has 0 saturated carbocycles. The van der Waals surface area contributed by atoms with E-state index >= 15 is 0 Å². The van der Waals surface area contributed by atoms with Crippen molar-refractivity contribution >= 4 is 0 Å². The minimum atomic E-state index is -0.318. The molecule has 0 fully saturated rings. The third-order valence-electron chi connectivity index (χ3n) is 4.12. The van der Waals surface area contributed by atoms with Crippen LogP contribution < -0.4 is 10.5 Å². The van der Waals surface area contributed by atoms with Crippen LogP contribution in [0, 0.1) is 13.8 Å². The number of pyridine rings is 1. The second-order valence-corrected chi connectivity index (χ2v) is 5.46. The number of ether oxygens (including phenoxy) is 2. The molecular weight excluding hydrogens is 252 g/mol. The number of methoxy groups -OCH3 is 1. The van der Waals surface area contributed by atoms with Gasteiger partial charge in [-0.1, -0.05) is 6.92 Å². The summed E-state index contributed by atoms with van der Waals surface area (Å²) < 4.78 is 11.3. The SMILES string of the molecule is CCOC(C)(CC)C(N)Cc1ncc(C)c(OC)c1C. The molecule has 1 heterocycles. The zero-order valence-electron chi connectivity index (χ0n) is 13.6. The van der Waals surface area contributed by atoms with Crippen LogP contribution in [0.1, 0.15) is 44.0 Å². The molecular formula is C16H28N2O2. The summed E-state index contributed by atoms with van der Waals surface area (Å²) in [5.41, 5.74) is 9.15. The minimum absolute atomic E-state index is 0.0916. The first-order valence-electron chi connectivity index (χ1n) is 7.28. The van der Waals surface area contributed by atoms with E-state index in [1.165, 1.54) is 0 Å². The van der Waals surface area contributed by atoms with Crippen LogP contribution in [-0.4, -0.2) is 30.3 Å². The lowest BCUT2D eigenvalue weighted by atomic mass is 9.89. The van der Waals surface area contributed by atoms with Crippen LogP contribution in [0.2, 0.25) is 0 Å². The molecule has 0 amide bonds. The van der Waals surface area contributed by atoms with Gasteiger partial charge in [0, 0.05) is 42.1 Å². The van der Waals surface area contributed by atoms with E-state index in [-0.39, 0.29) is 11.6 Å². The van der Waals surface area contributed by atoms with Crippen LogP contribution in [0.15, 0.2) is 6.20 Å². The Bertz CT molecular complexity index is 448. The van der Waals surface area contributed by atoms with Crippen molar-refractivity contribution in [1.82, 2.24) is 4.98 Å². The first kappa shape index (κ1) is 16.9. The van der Waals surface area contributed by atoms with Gasteiger partial charge in [0.15, 0.2) is 0 Å². The highest BCUT2D eigenvalue weighted by Gasteiger charge is 2.31. The van der Waals surface area contributed by atoms with Crippen LogP contribution in [0.5, 0.6) is 5.75 Å². The van der Waals surface area contributed by atoms with E-state index in [9.17, 15) is 0 Å². The molecule has 1 aromatic rings. The molecule has 0 radical (unpaired) electrons. The van der Waals surface area contributed by atoms with Gasteiger partial charge < -0.3 is 15.2 Å². The lowest BCUT2D eigenvalue weighted by molar-refractivity contribution is -0.0463. The summed E-state index contributed by atoms with van der Waals surface area (Å²) in [5.74, 6) is 0.900. The summed E-state index contributed by atoms with van der Waals surface area (Å²) in [5, 5.41) is 0. The fourth-order valence-electron chi connectivity index (χ4n) is 2.50. The van der Waals surface area contributed by atoms with Crippen molar-refractivity contribution in [3.05, 3.63) is 23.0 Å². The van der Waals surface area contributed by atoms with E-state index < -0.39 is 0 Å². The van der Waals surface area contributed by atoms with Gasteiger partial charge in [-0.25, -0.2) is 0 Å². The largest absolute Gasteiger partial charge is 0.496 e. The molecule has 0 aliphatic carbocycles. The Kier molecular flexibility index (Phi) is 5.96. The van der Waals surface area contributed by atoms with Gasteiger partial charge in [0.25, 0.3) is 0 Å². The van der Waals surface area contributed by atoms with E-state index in [0.717, 1.165) is 29.0 Å². The number of rotatable bonds is 7. The Labute approximate surface area is 122 Å². The third kappa shape index (κ3) is 3.49. The molecule has 114 valence electrons. The smallest absolute Gasteiger partial charge is 0.128 e. The number of nitrogens with zero attached hydrogens (tertiary/aromatic N) is 1. The van der Waals surface area contributed by atoms with Gasteiger partial charge in [-0.15, -0.1) is 0 Å². The molecule has 2 atom stereocenters. The van der Waals surface area contributed by atoms with Gasteiger partial charge in [0.05, 0.1) is 12.7 Å². The van der Waals surface area contributed by atoms with Gasteiger partial charge in [-0.3, -0.25) is 4.98 Å². The second kappa shape index (κ2) is 7.04. The average Bonchev–Trinajstić information content (AvgIpc) is 2.42. The molecule has 1 aromatic heterocycles. The van der Waals surface area contributed by atoms with Crippen molar-refractivity contribution in [2.45, 2.75) is 59.1 Å². The van der Waals surface area contributed by atoms with Crippen molar-refractivity contribution in [3.63, 3.8) is 0 Å². The second-order valence-electron chi connectivity index (χ2n) is 5.46. The Balaban J connectivity index is 2.98. The Morgan fingerprint density at radius 2 is 2.00 bits per heavy atom. The molecule has 0 aliphatic rings. The van der Waals surface area contributed by atoms with Crippen molar-refractivity contribution in [2.24, 2.45) is 5.73 Å². The number of hydrogen-bond donors (Lipinski definition) is 1. The molecule has 20 heavy (non-hydrogen) atoms. The molecule has 0 aromatic carbocycles. The van der Waals surface area contributed by atoms with Crippen LogP contribution in [0.3, 0.4) is 0 Å². The minimum Gasteiger partial charge on any atom is -0.496 e. The van der Waals surface area contributed by atoms with Crippen molar-refractivity contribution < 1.29 is 9.47 Å². The summed E-state index contributed by atoms with van der Waals surface area (Å²) in [7, 11) is 1.69. The molecule has 4 nitrogen and oxygen atoms in total. The fourth-order valence-corrected chi connectivity index (χ4v) is 2.50. The first-order chi connectivity index (χ1) is 9.39. The number of hydrogen-bond acceptors (Lipinski definition) is 4. The van der Waals surface area contributed by atoms with Crippen molar-refractivity contribution in [2.75, 3.05) is 13.7 Å². The summed E-state index contributed by atoms with van der Waals surface area (Å²) in [6, 6.07) is -0.0916. The molecule has 2 N–H and O–H groups in total. The molecule has 0 saturated heterocycles. The fraction of sp³-hybridized carbons (Fsp3) is 0.688. The zero-order chi connectivity index (χ0) is 15.3. The van der Waals surface area contributed by atoms with Crippen LogP contribution >= 0.6 is 0 Å². The molecule has 0 bridgehead atoms. The van der Waals surface area contributed by atoms with Crippen molar-refractivity contribution in [1.29, 1.82) is 0 Å². The van der Waals surface area contributed by atoms with Gasteiger partial charge in [-0.2, -0.15) is 0 Å². The van der Waals surface area contributed by atoms with E-state index in [0.29, 0.717) is 13.0 Å². The highest BCUT2D eigenvalue weighted by Crippen LogP contribution is 2.27. The predicted molar refractivity (Wildman–Crippen MR) is 82.3 cm³/mol. The standard InChI is InChI=1S/C16H28N2O2/c1-7-16(5,20-8-2)14(17)9-13-12(4)15(19-6)11(3)10-18-13/h10,14H,7-9,17H2,1-6H3. The van der Waals surface area contributed by atoms with Crippen LogP contribution in [-0.2, 0) is 11.2 Å². The summed E-state index contributed by atoms with van der Waals surface area (Å²) >= 11 is 0. The highest BCUT2D eigenvalue weighted by atomic mass is 16.5. The maximum absolute atomic E-state index is 6.37. The van der Waals surface area contributed by atoms with Gasteiger partial charge in [0.2, 0.25) is 0 Å². The summed E-state index contributed by atoms with van der Waals surface area (Å²) in [4.78, 5) is 4.52. The van der Waals surface area contributed by atoms with Crippen LogP contribution in [0.4, 0.5) is 0 Å². The molecule has 2 unspecified atom stereocenters. The number of aromatic nitrogens is 1. The van der Waals surface area contributed by atoms with Crippen molar-refractivity contribution in [3.8, 4) is 5.75 Å². The van der Waals surface area contributed by atoms with Gasteiger partial charge in [-0.05, 0) is 34.1 Å². The quantitative estimate of drug-likeness (QED) is 0.834. The average molecular weight is 280 g/mol. The van der Waals surface area contributed by atoms with Gasteiger partial charge >= 0.3 is 0 Å². The maximum Gasteiger partial charge on any atom is 0.128 e. The predicted octanol–water partition coefficient (Wildman–Crippen LogP) is 2.78. The summed E-state index contributed by atoms with van der Waals surface area (Å²) in [6.45, 7) is 10.9. The monoisotopic (exact) mass is 280 g/mol. The normalized spacial score (nSPS) is 15.8. The Morgan fingerprint density at radius 1 is 1.35 bits per heavy atom. The lowest BCUT2D eigenvalue weighted by Gasteiger charge is -2.34. The molecule has 0 aliphatic heterocycles. The van der Waals surface area contributed by atoms with E-state index in [4.69, 9.17) is 15.2 Å². The molecule has 4 heteroatoms. The first-order valence-corrected chi connectivity index (χ1v) is 7.28. The topological polar surface area (TPSA) is 57.4 Å². The van der Waals surface area contributed by atoms with E-state index in [2.05, 4.69) is 18.8 Å². The van der Waals surface area contributed by atoms with Crippen LogP contribution in [0.25, 0.3) is 0 Å². The maximum atomic E-state index is 6.37. The third-order valence-corrected chi connectivity index (χ3v) is 4.12. The van der Waals surface area contributed by atoms with E-state index in [1.807, 2.05) is 27.0 Å².